The molecule has 0 spiro atoms. The second kappa shape index (κ2) is 14.7. The molecule has 0 N–H and O–H groups in total. The van der Waals surface area contributed by atoms with Crippen LogP contribution in [0.3, 0.4) is 0 Å². The van der Waals surface area contributed by atoms with E-state index in [1.165, 1.54) is 44.9 Å². The highest BCUT2D eigenvalue weighted by atomic mass is 79.9. The van der Waals surface area contributed by atoms with Gasteiger partial charge in [0.1, 0.15) is 0 Å². The fraction of sp³-hybridized carbons (Fsp3) is 0.684. The Labute approximate surface area is 152 Å². The van der Waals surface area contributed by atoms with Crippen LogP contribution < -0.4 is 21.5 Å². The zero-order valence-corrected chi connectivity index (χ0v) is 16.3. The molecule has 0 radical (unpaired) electrons. The molecule has 0 aliphatic carbocycles. The number of nitrogens with zero attached hydrogens (tertiary/aromatic N) is 1. The van der Waals surface area contributed by atoms with E-state index in [1.54, 1.807) is 0 Å². The van der Waals surface area contributed by atoms with Gasteiger partial charge in [-0.1, -0.05) is 64.4 Å². The van der Waals surface area contributed by atoms with E-state index in [-0.39, 0.29) is 29.2 Å². The molecule has 0 bridgehead atoms. The minimum Gasteiger partial charge on any atom is -1.00 e. The number of hydrogen-bond acceptors (Lipinski definition) is 2. The predicted octanol–water partition coefficient (Wildman–Crippen LogP) is 1.96. The van der Waals surface area contributed by atoms with Gasteiger partial charge in [0.25, 0.3) is 0 Å². The van der Waals surface area contributed by atoms with Crippen molar-refractivity contribution in [3.8, 4) is 0 Å². The van der Waals surface area contributed by atoms with Crippen molar-refractivity contribution in [2.45, 2.75) is 84.3 Å². The monoisotopic (exact) mass is 385 g/mol. The molecule has 23 heavy (non-hydrogen) atoms. The van der Waals surface area contributed by atoms with Crippen LogP contribution in [-0.4, -0.2) is 5.97 Å². The summed E-state index contributed by atoms with van der Waals surface area (Å²) in [7, 11) is 0. The number of unbranched alkanes of at least 4 members (excludes halogenated alkanes) is 8. The molecule has 0 aromatic carbocycles. The first-order chi connectivity index (χ1) is 10.7. The number of rotatable bonds is 12. The molecule has 1 rings (SSSR count). The zero-order chi connectivity index (χ0) is 16.0. The number of halogens is 1. The number of aromatic nitrogens is 1. The maximum Gasteiger partial charge on any atom is 0.310 e. The van der Waals surface area contributed by atoms with Crippen molar-refractivity contribution in [2.75, 3.05) is 0 Å². The van der Waals surface area contributed by atoms with Crippen LogP contribution >= 0.6 is 0 Å². The highest BCUT2D eigenvalue weighted by Crippen LogP contribution is 2.11. The molecule has 0 aliphatic heterocycles. The molecule has 1 aromatic heterocycles. The smallest absolute Gasteiger partial charge is 0.310 e. The lowest BCUT2D eigenvalue weighted by Gasteiger charge is -2.08. The van der Waals surface area contributed by atoms with Crippen LogP contribution in [0, 0.1) is 0 Å². The Morgan fingerprint density at radius 2 is 1.43 bits per heavy atom. The summed E-state index contributed by atoms with van der Waals surface area (Å²) in [6.07, 6.45) is 15.5. The van der Waals surface area contributed by atoms with Crippen molar-refractivity contribution in [3.63, 3.8) is 0 Å². The van der Waals surface area contributed by atoms with E-state index in [1.807, 2.05) is 42.1 Å². The quantitative estimate of drug-likeness (QED) is 0.312. The topological polar surface area (TPSA) is 30.2 Å². The molecule has 0 amide bonds. The molecule has 1 unspecified atom stereocenters. The minimum absolute atomic E-state index is 0. The molecule has 0 saturated carbocycles. The standard InChI is InChI=1S/C19H32NO2.BrH/c1-3-4-5-6-7-8-9-10-12-15-19(21)22-18(2)20-16-13-11-14-17-20;/h11,13-14,16-18H,3-10,12,15H2,1-2H3;1H/q+1;/p-1. The maximum absolute atomic E-state index is 11.8. The number of ether oxygens (including phenoxy) is 1. The molecule has 3 nitrogen and oxygen atoms in total. The van der Waals surface area contributed by atoms with Gasteiger partial charge in [-0.3, -0.25) is 4.79 Å². The number of carbonyl (C=O) groups excluding carboxylic acids is 1. The summed E-state index contributed by atoms with van der Waals surface area (Å²) in [6, 6.07) is 5.82. The fourth-order valence-electron chi connectivity index (χ4n) is 2.54. The van der Waals surface area contributed by atoms with Gasteiger partial charge >= 0.3 is 12.2 Å². The Morgan fingerprint density at radius 1 is 0.913 bits per heavy atom. The van der Waals surface area contributed by atoms with Gasteiger partial charge in [0, 0.05) is 25.5 Å². The van der Waals surface area contributed by atoms with Gasteiger partial charge in [-0.15, -0.1) is 0 Å². The third kappa shape index (κ3) is 11.3. The highest BCUT2D eigenvalue weighted by molar-refractivity contribution is 5.69. The third-order valence-corrected chi connectivity index (χ3v) is 3.94. The summed E-state index contributed by atoms with van der Waals surface area (Å²) in [5.41, 5.74) is 0. The van der Waals surface area contributed by atoms with Crippen LogP contribution in [0.4, 0.5) is 0 Å². The Morgan fingerprint density at radius 3 is 2.00 bits per heavy atom. The van der Waals surface area contributed by atoms with E-state index >= 15 is 0 Å². The molecular weight excluding hydrogens is 354 g/mol. The van der Waals surface area contributed by atoms with Gasteiger partial charge in [0.2, 0.25) is 0 Å². The third-order valence-electron chi connectivity index (χ3n) is 3.94. The number of carbonyl (C=O) groups is 1. The molecule has 0 saturated heterocycles. The van der Waals surface area contributed by atoms with Gasteiger partial charge in [-0.05, 0) is 6.42 Å². The van der Waals surface area contributed by atoms with E-state index in [0.29, 0.717) is 6.42 Å². The van der Waals surface area contributed by atoms with E-state index in [2.05, 4.69) is 6.92 Å². The first kappa shape index (κ1) is 22.1. The normalized spacial score (nSPS) is 11.6. The molecule has 132 valence electrons. The molecule has 1 heterocycles. The molecule has 0 fully saturated rings. The van der Waals surface area contributed by atoms with Crippen LogP contribution in [0.15, 0.2) is 30.6 Å². The molecule has 4 heteroatoms. The van der Waals surface area contributed by atoms with E-state index in [0.717, 1.165) is 12.8 Å². The number of hydrogen-bond donors (Lipinski definition) is 0. The maximum atomic E-state index is 11.8. The van der Waals surface area contributed by atoms with Crippen molar-refractivity contribution in [1.29, 1.82) is 0 Å². The summed E-state index contributed by atoms with van der Waals surface area (Å²) < 4.78 is 7.33. The molecule has 1 atom stereocenters. The molecular formula is C19H32BrNO2. The number of pyridine rings is 1. The molecule has 0 aliphatic rings. The van der Waals surface area contributed by atoms with Crippen LogP contribution in [0.2, 0.25) is 0 Å². The Balaban J connectivity index is 0.00000484. The van der Waals surface area contributed by atoms with Gasteiger partial charge < -0.3 is 21.7 Å². The van der Waals surface area contributed by atoms with Gasteiger partial charge in [-0.25, -0.2) is 0 Å². The van der Waals surface area contributed by atoms with Crippen LogP contribution in [-0.2, 0) is 9.53 Å². The van der Waals surface area contributed by atoms with Gasteiger partial charge in [0.15, 0.2) is 12.4 Å². The minimum atomic E-state index is -0.229. The summed E-state index contributed by atoms with van der Waals surface area (Å²) in [4.78, 5) is 11.8. The Bertz CT molecular complexity index is 398. The van der Waals surface area contributed by atoms with E-state index in [9.17, 15) is 4.79 Å². The highest BCUT2D eigenvalue weighted by Gasteiger charge is 2.15. The van der Waals surface area contributed by atoms with Crippen molar-refractivity contribution in [1.82, 2.24) is 0 Å². The summed E-state index contributed by atoms with van der Waals surface area (Å²) in [5, 5.41) is 0. The first-order valence-electron chi connectivity index (χ1n) is 8.89. The second-order valence-electron chi connectivity index (χ2n) is 5.99. The second-order valence-corrected chi connectivity index (χ2v) is 5.99. The van der Waals surface area contributed by atoms with E-state index < -0.39 is 0 Å². The van der Waals surface area contributed by atoms with Gasteiger partial charge in [-0.2, -0.15) is 4.57 Å². The zero-order valence-electron chi connectivity index (χ0n) is 14.7. The fourth-order valence-corrected chi connectivity index (χ4v) is 2.54. The molecule has 1 aromatic rings. The summed E-state index contributed by atoms with van der Waals surface area (Å²) >= 11 is 0. The van der Waals surface area contributed by atoms with Crippen molar-refractivity contribution >= 4 is 5.97 Å². The SMILES string of the molecule is CCCCCCCCCCCC(=O)OC(C)[n+]1ccccc1.[Br-]. The van der Waals surface area contributed by atoms with Crippen molar-refractivity contribution in [2.24, 2.45) is 0 Å². The van der Waals surface area contributed by atoms with Crippen LogP contribution in [0.25, 0.3) is 0 Å². The Kier molecular flexibility index (Phi) is 14.1. The van der Waals surface area contributed by atoms with Crippen LogP contribution in [0.1, 0.15) is 84.3 Å². The lowest BCUT2D eigenvalue weighted by molar-refractivity contribution is -0.753. The lowest BCUT2D eigenvalue weighted by Crippen LogP contribution is -3.00. The van der Waals surface area contributed by atoms with E-state index in [4.69, 9.17) is 4.74 Å². The summed E-state index contributed by atoms with van der Waals surface area (Å²) in [6.45, 7) is 4.14. The van der Waals surface area contributed by atoms with Crippen molar-refractivity contribution < 1.29 is 31.1 Å². The first-order valence-corrected chi connectivity index (χ1v) is 8.89. The largest absolute Gasteiger partial charge is 1.00 e. The van der Waals surface area contributed by atoms with Crippen LogP contribution in [0.5, 0.6) is 0 Å². The predicted molar refractivity (Wildman–Crippen MR) is 89.3 cm³/mol. The average Bonchev–Trinajstić information content (AvgIpc) is 2.54. The number of esters is 1. The lowest BCUT2D eigenvalue weighted by atomic mass is 10.1. The van der Waals surface area contributed by atoms with Gasteiger partial charge in [0.05, 0.1) is 0 Å². The Hall–Kier alpha value is -0.900. The average molecular weight is 386 g/mol. The summed E-state index contributed by atoms with van der Waals surface area (Å²) in [5.74, 6) is -0.0909. The van der Waals surface area contributed by atoms with Crippen molar-refractivity contribution in [3.05, 3.63) is 30.6 Å².